The van der Waals surface area contributed by atoms with Crippen molar-refractivity contribution in [1.29, 1.82) is 0 Å². The van der Waals surface area contributed by atoms with Crippen LogP contribution in [0.4, 0.5) is 0 Å². The largest absolute Gasteiger partial charge is 0.289 e. The standard InChI is InChI=1S/C13H28N2/c1-12(2,3)10-9-14(7)11(15(10)8)13(4,5)6/h10-11H,9H2,1-8H3. The Morgan fingerprint density at radius 1 is 0.867 bits per heavy atom. The molecular formula is C13H28N2. The average Bonchev–Trinajstić information content (AvgIpc) is 2.22. The molecule has 1 aliphatic rings. The molecule has 2 unspecified atom stereocenters. The monoisotopic (exact) mass is 212 g/mol. The highest BCUT2D eigenvalue weighted by Gasteiger charge is 2.45. The van der Waals surface area contributed by atoms with Crippen LogP contribution < -0.4 is 0 Å². The van der Waals surface area contributed by atoms with E-state index in [1.807, 2.05) is 0 Å². The lowest BCUT2D eigenvalue weighted by Gasteiger charge is -2.40. The van der Waals surface area contributed by atoms with Crippen molar-refractivity contribution in [1.82, 2.24) is 9.80 Å². The lowest BCUT2D eigenvalue weighted by atomic mass is 9.85. The molecule has 0 radical (unpaired) electrons. The van der Waals surface area contributed by atoms with Gasteiger partial charge in [0, 0.05) is 12.6 Å². The molecule has 1 heterocycles. The Hall–Kier alpha value is -0.0800. The van der Waals surface area contributed by atoms with Gasteiger partial charge in [-0.15, -0.1) is 0 Å². The zero-order chi connectivity index (χ0) is 12.0. The Kier molecular flexibility index (Phi) is 3.24. The molecule has 1 rings (SSSR count). The van der Waals surface area contributed by atoms with Crippen molar-refractivity contribution >= 4 is 0 Å². The Balaban J connectivity index is 2.89. The first-order chi connectivity index (χ1) is 6.55. The summed E-state index contributed by atoms with van der Waals surface area (Å²) in [5, 5.41) is 0. The number of nitrogens with zero attached hydrogens (tertiary/aromatic N) is 2. The molecule has 0 aromatic heterocycles. The fourth-order valence-corrected chi connectivity index (χ4v) is 3.14. The van der Waals surface area contributed by atoms with E-state index in [0.717, 1.165) is 0 Å². The highest BCUT2D eigenvalue weighted by atomic mass is 15.4. The molecular weight excluding hydrogens is 184 g/mol. The molecule has 2 heteroatoms. The third kappa shape index (κ3) is 2.54. The molecule has 1 aliphatic heterocycles. The molecule has 0 aromatic rings. The van der Waals surface area contributed by atoms with E-state index in [4.69, 9.17) is 0 Å². The molecule has 2 atom stereocenters. The van der Waals surface area contributed by atoms with Crippen molar-refractivity contribution in [2.75, 3.05) is 20.6 Å². The molecule has 0 aliphatic carbocycles. The van der Waals surface area contributed by atoms with E-state index in [9.17, 15) is 0 Å². The van der Waals surface area contributed by atoms with Crippen LogP contribution in [0, 0.1) is 10.8 Å². The Morgan fingerprint density at radius 3 is 1.53 bits per heavy atom. The predicted molar refractivity (Wildman–Crippen MR) is 66.9 cm³/mol. The highest BCUT2D eigenvalue weighted by molar-refractivity contribution is 4.97. The molecule has 0 aromatic carbocycles. The van der Waals surface area contributed by atoms with Gasteiger partial charge in [-0.1, -0.05) is 41.5 Å². The van der Waals surface area contributed by atoms with Gasteiger partial charge in [0.2, 0.25) is 0 Å². The first-order valence-electron chi connectivity index (χ1n) is 5.97. The second-order valence-corrected chi connectivity index (χ2v) is 7.23. The fraction of sp³-hybridized carbons (Fsp3) is 1.00. The Bertz CT molecular complexity index is 222. The minimum Gasteiger partial charge on any atom is -0.289 e. The third-order valence-corrected chi connectivity index (χ3v) is 3.53. The van der Waals surface area contributed by atoms with Crippen molar-refractivity contribution in [3.63, 3.8) is 0 Å². The summed E-state index contributed by atoms with van der Waals surface area (Å²) in [6.45, 7) is 15.2. The molecule has 0 amide bonds. The quantitative estimate of drug-likeness (QED) is 0.609. The van der Waals surface area contributed by atoms with Crippen LogP contribution in [-0.2, 0) is 0 Å². The fourth-order valence-electron chi connectivity index (χ4n) is 3.14. The van der Waals surface area contributed by atoms with Gasteiger partial charge in [0.15, 0.2) is 0 Å². The summed E-state index contributed by atoms with van der Waals surface area (Å²) in [6, 6.07) is 0.659. The highest BCUT2D eigenvalue weighted by Crippen LogP contribution is 2.37. The molecule has 0 spiro atoms. The molecule has 1 saturated heterocycles. The van der Waals surface area contributed by atoms with Gasteiger partial charge in [-0.05, 0) is 24.9 Å². The van der Waals surface area contributed by atoms with Gasteiger partial charge in [0.1, 0.15) is 0 Å². The van der Waals surface area contributed by atoms with Gasteiger partial charge < -0.3 is 0 Å². The minimum absolute atomic E-state index is 0.323. The van der Waals surface area contributed by atoms with Gasteiger partial charge in [-0.25, -0.2) is 0 Å². The Labute approximate surface area is 95.6 Å². The van der Waals surface area contributed by atoms with Crippen molar-refractivity contribution < 1.29 is 0 Å². The van der Waals surface area contributed by atoms with Crippen molar-refractivity contribution in [2.45, 2.75) is 53.8 Å². The van der Waals surface area contributed by atoms with Gasteiger partial charge in [-0.2, -0.15) is 0 Å². The smallest absolute Gasteiger partial charge is 0.0671 e. The summed E-state index contributed by atoms with van der Waals surface area (Å²) in [4.78, 5) is 5.05. The number of rotatable bonds is 0. The zero-order valence-corrected chi connectivity index (χ0v) is 11.8. The average molecular weight is 212 g/mol. The van der Waals surface area contributed by atoms with Crippen LogP contribution in [0.25, 0.3) is 0 Å². The Morgan fingerprint density at radius 2 is 1.33 bits per heavy atom. The van der Waals surface area contributed by atoms with Crippen LogP contribution in [0.15, 0.2) is 0 Å². The van der Waals surface area contributed by atoms with Crippen LogP contribution in [0.1, 0.15) is 41.5 Å². The molecule has 15 heavy (non-hydrogen) atoms. The second kappa shape index (κ2) is 3.74. The summed E-state index contributed by atoms with van der Waals surface area (Å²) in [6.07, 6.45) is 0.557. The topological polar surface area (TPSA) is 6.48 Å². The van der Waals surface area contributed by atoms with E-state index in [2.05, 4.69) is 65.4 Å². The van der Waals surface area contributed by atoms with Crippen molar-refractivity contribution in [2.24, 2.45) is 10.8 Å². The van der Waals surface area contributed by atoms with Crippen molar-refractivity contribution in [3.8, 4) is 0 Å². The molecule has 0 saturated carbocycles. The lowest BCUT2D eigenvalue weighted by molar-refractivity contribution is 0.0428. The third-order valence-electron chi connectivity index (χ3n) is 3.53. The summed E-state index contributed by atoms with van der Waals surface area (Å²) >= 11 is 0. The van der Waals surface area contributed by atoms with E-state index in [-0.39, 0.29) is 0 Å². The molecule has 90 valence electrons. The lowest BCUT2D eigenvalue weighted by Crippen LogP contribution is -2.48. The van der Waals surface area contributed by atoms with Crippen LogP contribution in [0.2, 0.25) is 0 Å². The number of hydrogen-bond donors (Lipinski definition) is 0. The SMILES string of the molecule is CN1CC(C(C)(C)C)N(C)C1C(C)(C)C. The molecule has 2 nitrogen and oxygen atoms in total. The van der Waals surface area contributed by atoms with E-state index >= 15 is 0 Å². The van der Waals surface area contributed by atoms with Crippen LogP contribution >= 0.6 is 0 Å². The number of likely N-dealkylation sites (N-methyl/N-ethyl adjacent to an activating group) is 2. The maximum Gasteiger partial charge on any atom is 0.0671 e. The maximum absolute atomic E-state index is 2.56. The first kappa shape index (κ1) is 13.0. The van der Waals surface area contributed by atoms with Crippen LogP contribution in [0.3, 0.4) is 0 Å². The van der Waals surface area contributed by atoms with E-state index < -0.39 is 0 Å². The van der Waals surface area contributed by atoms with E-state index in [0.29, 0.717) is 23.0 Å². The summed E-state index contributed by atoms with van der Waals surface area (Å²) < 4.78 is 0. The summed E-state index contributed by atoms with van der Waals surface area (Å²) in [5.41, 5.74) is 0.687. The van der Waals surface area contributed by atoms with Gasteiger partial charge in [-0.3, -0.25) is 9.80 Å². The number of hydrogen-bond acceptors (Lipinski definition) is 2. The zero-order valence-electron chi connectivity index (χ0n) is 11.8. The molecule has 1 fully saturated rings. The normalized spacial score (nSPS) is 31.2. The summed E-state index contributed by atoms with van der Waals surface area (Å²) in [5.74, 6) is 0. The van der Waals surface area contributed by atoms with Crippen LogP contribution in [0.5, 0.6) is 0 Å². The van der Waals surface area contributed by atoms with Gasteiger partial charge >= 0.3 is 0 Å². The second-order valence-electron chi connectivity index (χ2n) is 7.23. The minimum atomic E-state index is 0.323. The maximum atomic E-state index is 2.56. The molecule has 0 bridgehead atoms. The first-order valence-corrected chi connectivity index (χ1v) is 5.97. The van der Waals surface area contributed by atoms with Gasteiger partial charge in [0.25, 0.3) is 0 Å². The van der Waals surface area contributed by atoms with Gasteiger partial charge in [0.05, 0.1) is 6.17 Å². The molecule has 0 N–H and O–H groups in total. The predicted octanol–water partition coefficient (Wildman–Crippen LogP) is 2.65. The van der Waals surface area contributed by atoms with E-state index in [1.165, 1.54) is 6.54 Å². The van der Waals surface area contributed by atoms with Crippen molar-refractivity contribution in [3.05, 3.63) is 0 Å². The van der Waals surface area contributed by atoms with Crippen LogP contribution in [-0.4, -0.2) is 42.6 Å². The van der Waals surface area contributed by atoms with E-state index in [1.54, 1.807) is 0 Å². The summed E-state index contributed by atoms with van der Waals surface area (Å²) in [7, 11) is 4.52.